The van der Waals surface area contributed by atoms with Crippen molar-refractivity contribution in [1.29, 1.82) is 0 Å². The van der Waals surface area contributed by atoms with Crippen LogP contribution in [0.3, 0.4) is 0 Å². The second-order valence-electron chi connectivity index (χ2n) is 8.91. The monoisotopic (exact) mass is 554 g/mol. The summed E-state index contributed by atoms with van der Waals surface area (Å²) in [5.41, 5.74) is 0.533. The highest BCUT2D eigenvalue weighted by Gasteiger charge is 2.38. The van der Waals surface area contributed by atoms with Crippen LogP contribution in [0.4, 0.5) is 24.0 Å². The molecule has 0 aliphatic carbocycles. The Morgan fingerprint density at radius 1 is 1.11 bits per heavy atom. The van der Waals surface area contributed by atoms with Gasteiger partial charge in [-0.05, 0) is 36.8 Å². The van der Waals surface area contributed by atoms with Gasteiger partial charge in [0, 0.05) is 50.9 Å². The second kappa shape index (κ2) is 11.8. The van der Waals surface area contributed by atoms with Gasteiger partial charge in [0.1, 0.15) is 17.2 Å². The summed E-state index contributed by atoms with van der Waals surface area (Å²) in [6.45, 7) is 4.15. The zero-order chi connectivity index (χ0) is 25.2. The molecule has 0 N–H and O–H groups in total. The Morgan fingerprint density at radius 3 is 2.57 bits per heavy atom. The third-order valence-electron chi connectivity index (χ3n) is 6.47. The molecular weight excluding hydrogens is 529 g/mol. The summed E-state index contributed by atoms with van der Waals surface area (Å²) in [6, 6.07) is 7.52. The van der Waals surface area contributed by atoms with E-state index < -0.39 is 23.4 Å². The first-order valence-electron chi connectivity index (χ1n) is 11.8. The van der Waals surface area contributed by atoms with Gasteiger partial charge in [0.25, 0.3) is 0 Å². The van der Waals surface area contributed by atoms with Crippen LogP contribution in [0.5, 0.6) is 0 Å². The normalized spacial score (nSPS) is 18.3. The van der Waals surface area contributed by atoms with Crippen molar-refractivity contribution in [3.63, 3.8) is 0 Å². The van der Waals surface area contributed by atoms with Gasteiger partial charge in [-0.1, -0.05) is 11.3 Å². The first-order valence-corrected chi connectivity index (χ1v) is 12.6. The first-order chi connectivity index (χ1) is 17.4. The fraction of sp³-hybridized carbons (Fsp3) is 0.400. The number of carbonyl (C=O) groups is 2. The van der Waals surface area contributed by atoms with E-state index in [0.717, 1.165) is 37.0 Å². The fourth-order valence-electron chi connectivity index (χ4n) is 4.60. The van der Waals surface area contributed by atoms with E-state index >= 15 is 0 Å². The highest BCUT2D eigenvalue weighted by molar-refractivity contribution is 7.22. The number of hydrogen-bond donors (Lipinski definition) is 0. The van der Waals surface area contributed by atoms with Crippen molar-refractivity contribution >= 4 is 56.6 Å². The number of hydrogen-bond acceptors (Lipinski definition) is 6. The molecule has 2 aromatic carbocycles. The van der Waals surface area contributed by atoms with E-state index in [9.17, 15) is 22.8 Å². The molecule has 2 aliphatic heterocycles. The molecule has 7 nitrogen and oxygen atoms in total. The number of anilines is 2. The number of halogens is 4. The van der Waals surface area contributed by atoms with E-state index in [2.05, 4.69) is 9.88 Å². The van der Waals surface area contributed by atoms with Crippen LogP contribution in [0.15, 0.2) is 36.4 Å². The van der Waals surface area contributed by atoms with Crippen molar-refractivity contribution in [3.8, 4) is 0 Å². The van der Waals surface area contributed by atoms with Gasteiger partial charge in [0.05, 0.1) is 23.8 Å². The van der Waals surface area contributed by atoms with Gasteiger partial charge in [0.2, 0.25) is 11.8 Å². The Labute approximate surface area is 222 Å². The highest BCUT2D eigenvalue weighted by Crippen LogP contribution is 2.34. The lowest BCUT2D eigenvalue weighted by molar-refractivity contribution is -0.124. The van der Waals surface area contributed by atoms with Gasteiger partial charge in [-0.15, -0.1) is 12.4 Å². The molecule has 2 saturated heterocycles. The molecule has 1 unspecified atom stereocenters. The first kappa shape index (κ1) is 27.3. The Bertz CT molecular complexity index is 1270. The van der Waals surface area contributed by atoms with Crippen LogP contribution in [0, 0.1) is 23.4 Å². The average Bonchev–Trinajstić information content (AvgIpc) is 3.46. The quantitative estimate of drug-likeness (QED) is 0.437. The van der Waals surface area contributed by atoms with Crippen LogP contribution in [-0.2, 0) is 14.3 Å². The summed E-state index contributed by atoms with van der Waals surface area (Å²) < 4.78 is 47.1. The minimum Gasteiger partial charge on any atom is -0.379 e. The zero-order valence-electron chi connectivity index (χ0n) is 19.9. The Hall–Kier alpha value is -2.73. The maximum Gasteiger partial charge on any atom is 0.234 e. The van der Waals surface area contributed by atoms with Crippen LogP contribution in [0.25, 0.3) is 10.2 Å². The summed E-state index contributed by atoms with van der Waals surface area (Å²) in [4.78, 5) is 35.9. The van der Waals surface area contributed by atoms with Gasteiger partial charge in [-0.2, -0.15) is 0 Å². The van der Waals surface area contributed by atoms with E-state index in [-0.39, 0.29) is 47.8 Å². The van der Waals surface area contributed by atoms with Crippen molar-refractivity contribution < 1.29 is 27.5 Å². The SMILES string of the molecule is Cl.O=C1CC(C(=O)N(CCCN2CCOCC2)c2nc3c(F)cc(F)cc3s2)CN1c1ccc(F)cc1. The van der Waals surface area contributed by atoms with E-state index in [4.69, 9.17) is 4.74 Å². The lowest BCUT2D eigenvalue weighted by Gasteiger charge is -2.28. The molecule has 0 spiro atoms. The number of nitrogens with zero attached hydrogens (tertiary/aromatic N) is 4. The fourth-order valence-corrected chi connectivity index (χ4v) is 5.64. The zero-order valence-corrected chi connectivity index (χ0v) is 21.5. The summed E-state index contributed by atoms with van der Waals surface area (Å²) in [6.07, 6.45) is 0.644. The van der Waals surface area contributed by atoms with Gasteiger partial charge < -0.3 is 9.64 Å². The third kappa shape index (κ3) is 6.06. The number of morpholine rings is 1. The second-order valence-corrected chi connectivity index (χ2v) is 9.92. The van der Waals surface area contributed by atoms with Crippen molar-refractivity contribution in [1.82, 2.24) is 9.88 Å². The van der Waals surface area contributed by atoms with E-state index in [0.29, 0.717) is 36.6 Å². The molecule has 2 fully saturated rings. The number of benzene rings is 2. The predicted molar refractivity (Wildman–Crippen MR) is 138 cm³/mol. The van der Waals surface area contributed by atoms with Crippen LogP contribution in [0.1, 0.15) is 12.8 Å². The smallest absolute Gasteiger partial charge is 0.234 e. The van der Waals surface area contributed by atoms with Gasteiger partial charge in [0.15, 0.2) is 10.9 Å². The Morgan fingerprint density at radius 2 is 1.84 bits per heavy atom. The molecule has 2 aliphatic rings. The molecule has 2 amide bonds. The average molecular weight is 555 g/mol. The van der Waals surface area contributed by atoms with Crippen molar-refractivity contribution in [3.05, 3.63) is 53.8 Å². The number of amides is 2. The predicted octanol–water partition coefficient (Wildman–Crippen LogP) is 4.24. The number of carbonyl (C=O) groups excluding carboxylic acids is 2. The van der Waals surface area contributed by atoms with Gasteiger partial charge in [-0.3, -0.25) is 19.4 Å². The van der Waals surface area contributed by atoms with Crippen LogP contribution >= 0.6 is 23.7 Å². The molecule has 3 heterocycles. The number of fused-ring (bicyclic) bond motifs is 1. The summed E-state index contributed by atoms with van der Waals surface area (Å²) in [5.74, 6) is -3.08. The standard InChI is InChI=1S/C25H25F3N4O3S.ClH/c26-17-2-4-19(5-3-17)32-15-16(12-22(32)33)24(34)31(7-1-6-30-8-10-35-11-9-30)25-29-23-20(28)13-18(27)14-21(23)36-25;/h2-5,13-14,16H,1,6-12,15H2;1H. The van der Waals surface area contributed by atoms with Crippen LogP contribution < -0.4 is 9.80 Å². The molecule has 3 aromatic rings. The summed E-state index contributed by atoms with van der Waals surface area (Å²) in [5, 5.41) is 0.272. The lowest BCUT2D eigenvalue weighted by Crippen LogP contribution is -2.41. The third-order valence-corrected chi connectivity index (χ3v) is 7.50. The molecule has 0 saturated carbocycles. The molecule has 5 rings (SSSR count). The largest absolute Gasteiger partial charge is 0.379 e. The van der Waals surface area contributed by atoms with Crippen LogP contribution in [-0.4, -0.2) is 67.6 Å². The van der Waals surface area contributed by atoms with Crippen molar-refractivity contribution in [2.45, 2.75) is 12.8 Å². The maximum absolute atomic E-state index is 14.3. The number of aromatic nitrogens is 1. The summed E-state index contributed by atoms with van der Waals surface area (Å²) >= 11 is 1.05. The van der Waals surface area contributed by atoms with Gasteiger partial charge in [-0.25, -0.2) is 18.2 Å². The Balaban J connectivity index is 0.00000320. The van der Waals surface area contributed by atoms with E-state index in [1.807, 2.05) is 0 Å². The van der Waals surface area contributed by atoms with Gasteiger partial charge >= 0.3 is 0 Å². The molecule has 0 radical (unpaired) electrons. The number of rotatable bonds is 7. The number of thiazole rings is 1. The molecule has 12 heteroatoms. The minimum absolute atomic E-state index is 0. The number of ether oxygens (including phenoxy) is 1. The van der Waals surface area contributed by atoms with E-state index in [1.165, 1.54) is 40.1 Å². The maximum atomic E-state index is 14.3. The molecular formula is C25H26ClF3N4O3S. The molecule has 37 heavy (non-hydrogen) atoms. The van der Waals surface area contributed by atoms with Crippen LogP contribution in [0.2, 0.25) is 0 Å². The minimum atomic E-state index is -0.785. The Kier molecular flexibility index (Phi) is 8.68. The molecule has 1 atom stereocenters. The summed E-state index contributed by atoms with van der Waals surface area (Å²) in [7, 11) is 0. The molecule has 1 aromatic heterocycles. The van der Waals surface area contributed by atoms with Crippen molar-refractivity contribution in [2.75, 3.05) is 55.7 Å². The highest BCUT2D eigenvalue weighted by atomic mass is 35.5. The topological polar surface area (TPSA) is 66.0 Å². The lowest BCUT2D eigenvalue weighted by atomic mass is 10.1. The van der Waals surface area contributed by atoms with Crippen molar-refractivity contribution in [2.24, 2.45) is 5.92 Å². The molecule has 0 bridgehead atoms. The molecule has 198 valence electrons. The van der Waals surface area contributed by atoms with E-state index in [1.54, 1.807) is 0 Å².